The molecule has 3 aliphatic rings. The van der Waals surface area contributed by atoms with Gasteiger partial charge in [-0.05, 0) is 30.2 Å². The van der Waals surface area contributed by atoms with Crippen LogP contribution in [0.4, 0.5) is 0 Å². The van der Waals surface area contributed by atoms with E-state index in [1.807, 2.05) is 41.3 Å². The van der Waals surface area contributed by atoms with E-state index < -0.39 is 0 Å². The van der Waals surface area contributed by atoms with Crippen LogP contribution < -0.4 is 4.74 Å². The molecule has 0 aliphatic carbocycles. The number of amides is 2. The van der Waals surface area contributed by atoms with Crippen molar-refractivity contribution in [3.63, 3.8) is 0 Å². The minimum absolute atomic E-state index is 0.0280. The number of aromatic nitrogens is 1. The molecule has 4 heterocycles. The van der Waals surface area contributed by atoms with E-state index >= 15 is 0 Å². The molecule has 1 unspecified atom stereocenters. The molecule has 3 aliphatic heterocycles. The number of fused-ring (bicyclic) bond motifs is 1. The van der Waals surface area contributed by atoms with Crippen LogP contribution in [0, 0.1) is 11.3 Å². The summed E-state index contributed by atoms with van der Waals surface area (Å²) in [6.45, 7) is 2.79. The minimum atomic E-state index is -0.250. The molecule has 2 fully saturated rings. The number of carbonyl (C=O) groups is 3. The highest BCUT2D eigenvalue weighted by Gasteiger charge is 2.50. The lowest BCUT2D eigenvalue weighted by Gasteiger charge is -2.52. The third-order valence-corrected chi connectivity index (χ3v) is 6.08. The van der Waals surface area contributed by atoms with Crippen LogP contribution in [0.2, 0.25) is 0 Å². The fraction of sp³-hybridized carbons (Fsp3) is 0.391. The number of carbonyl (C=O) groups excluding carboxylic acids is 2. The maximum Gasteiger partial charge on any atom is 0.290 e. The summed E-state index contributed by atoms with van der Waals surface area (Å²) in [7, 11) is 0. The molecule has 1 spiro atoms. The van der Waals surface area contributed by atoms with Crippen molar-refractivity contribution in [3.8, 4) is 5.75 Å². The maximum atomic E-state index is 12.9. The van der Waals surface area contributed by atoms with Crippen LogP contribution >= 0.6 is 0 Å². The Labute approximate surface area is 180 Å². The van der Waals surface area contributed by atoms with Crippen LogP contribution in [-0.4, -0.2) is 64.4 Å². The Morgan fingerprint density at radius 3 is 2.71 bits per heavy atom. The number of hydrogen-bond acceptors (Lipinski definition) is 5. The first kappa shape index (κ1) is 20.8. The molecule has 5 rings (SSSR count). The molecule has 0 saturated carbocycles. The van der Waals surface area contributed by atoms with E-state index in [0.29, 0.717) is 39.2 Å². The Bertz CT molecular complexity index is 959. The predicted octanol–water partition coefficient (Wildman–Crippen LogP) is 1.59. The molecule has 1 atom stereocenters. The van der Waals surface area contributed by atoms with Crippen molar-refractivity contribution < 1.29 is 24.2 Å². The van der Waals surface area contributed by atoms with E-state index in [2.05, 4.69) is 11.1 Å². The van der Waals surface area contributed by atoms with Gasteiger partial charge in [0.15, 0.2) is 0 Å². The molecule has 1 aromatic heterocycles. The van der Waals surface area contributed by atoms with Crippen molar-refractivity contribution in [3.05, 3.63) is 59.9 Å². The number of benzene rings is 1. The fourth-order valence-corrected chi connectivity index (χ4v) is 4.63. The van der Waals surface area contributed by atoms with Gasteiger partial charge in [-0.25, -0.2) is 0 Å². The number of pyridine rings is 1. The summed E-state index contributed by atoms with van der Waals surface area (Å²) in [6.07, 6.45) is 2.97. The summed E-state index contributed by atoms with van der Waals surface area (Å²) >= 11 is 0. The lowest BCUT2D eigenvalue weighted by molar-refractivity contribution is -0.150. The molecule has 2 aromatic rings. The average Bonchev–Trinajstić information content (AvgIpc) is 3.12. The normalized spacial score (nSPS) is 20.8. The van der Waals surface area contributed by atoms with Crippen LogP contribution in [0.1, 0.15) is 17.7 Å². The summed E-state index contributed by atoms with van der Waals surface area (Å²) in [6, 6.07) is 13.8. The highest BCUT2D eigenvalue weighted by atomic mass is 16.5. The molecule has 0 bridgehead atoms. The van der Waals surface area contributed by atoms with Gasteiger partial charge < -0.3 is 19.6 Å². The van der Waals surface area contributed by atoms with Crippen molar-refractivity contribution in [1.82, 2.24) is 14.8 Å². The fourth-order valence-electron chi connectivity index (χ4n) is 4.63. The van der Waals surface area contributed by atoms with E-state index in [0.717, 1.165) is 17.9 Å². The van der Waals surface area contributed by atoms with Crippen molar-refractivity contribution in [1.29, 1.82) is 0 Å². The quantitative estimate of drug-likeness (QED) is 0.753. The molecule has 1 aromatic carbocycles. The molecule has 0 radical (unpaired) electrons. The standard InChI is InChI=1S/C22H23N3O3.CH2O2/c26-20-9-17(11-24(20)12-18-6-3-4-8-23-18)21(27)25-13-22(14-25)10-16-5-1-2-7-19(16)28-15-22;2-1-3/h1-8,17H,9-15H2;1H,(H,2,3). The lowest BCUT2D eigenvalue weighted by atomic mass is 9.73. The van der Waals surface area contributed by atoms with Crippen molar-refractivity contribution >= 4 is 18.3 Å². The second kappa shape index (κ2) is 8.75. The second-order valence-corrected chi connectivity index (χ2v) is 8.37. The zero-order valence-corrected chi connectivity index (χ0v) is 17.1. The Morgan fingerprint density at radius 1 is 1.23 bits per heavy atom. The first-order valence-corrected chi connectivity index (χ1v) is 10.3. The van der Waals surface area contributed by atoms with Gasteiger partial charge in [0.1, 0.15) is 5.75 Å². The topological polar surface area (TPSA) is 100 Å². The highest BCUT2D eigenvalue weighted by Crippen LogP contribution is 2.41. The van der Waals surface area contributed by atoms with Gasteiger partial charge in [-0.2, -0.15) is 0 Å². The third kappa shape index (κ3) is 4.38. The number of likely N-dealkylation sites (tertiary alicyclic amines) is 2. The average molecular weight is 423 g/mol. The van der Waals surface area contributed by atoms with Crippen LogP contribution in [0.15, 0.2) is 48.7 Å². The van der Waals surface area contributed by atoms with Crippen LogP contribution in [0.25, 0.3) is 0 Å². The first-order chi connectivity index (χ1) is 15.0. The van der Waals surface area contributed by atoms with Gasteiger partial charge in [-0.1, -0.05) is 24.3 Å². The number of nitrogens with zero attached hydrogens (tertiary/aromatic N) is 3. The number of para-hydroxylation sites is 1. The van der Waals surface area contributed by atoms with Gasteiger partial charge in [0, 0.05) is 37.7 Å². The predicted molar refractivity (Wildman–Crippen MR) is 111 cm³/mol. The number of ether oxygens (including phenoxy) is 1. The van der Waals surface area contributed by atoms with Gasteiger partial charge in [-0.15, -0.1) is 0 Å². The van der Waals surface area contributed by atoms with Gasteiger partial charge in [-0.3, -0.25) is 19.4 Å². The SMILES string of the molecule is O=C1CC(C(=O)N2CC3(COc4ccccc4C3)C2)CN1Cc1ccccn1.O=CO. The van der Waals surface area contributed by atoms with E-state index in [9.17, 15) is 9.59 Å². The van der Waals surface area contributed by atoms with Gasteiger partial charge in [0.25, 0.3) is 6.47 Å². The summed E-state index contributed by atoms with van der Waals surface area (Å²) in [5.41, 5.74) is 2.10. The summed E-state index contributed by atoms with van der Waals surface area (Å²) < 4.78 is 5.93. The molecular weight excluding hydrogens is 398 g/mol. The minimum Gasteiger partial charge on any atom is -0.493 e. The first-order valence-electron chi connectivity index (χ1n) is 10.3. The Balaban J connectivity index is 0.000000730. The van der Waals surface area contributed by atoms with Gasteiger partial charge in [0.05, 0.1) is 24.8 Å². The zero-order valence-electron chi connectivity index (χ0n) is 17.1. The molecule has 162 valence electrons. The van der Waals surface area contributed by atoms with Crippen molar-refractivity contribution in [2.75, 3.05) is 26.2 Å². The third-order valence-electron chi connectivity index (χ3n) is 6.08. The van der Waals surface area contributed by atoms with E-state index in [1.165, 1.54) is 5.56 Å². The van der Waals surface area contributed by atoms with Crippen LogP contribution in [0.5, 0.6) is 5.75 Å². The zero-order chi connectivity index (χ0) is 21.8. The largest absolute Gasteiger partial charge is 0.493 e. The van der Waals surface area contributed by atoms with E-state index in [1.54, 1.807) is 11.1 Å². The summed E-state index contributed by atoms with van der Waals surface area (Å²) in [4.78, 5) is 41.6. The highest BCUT2D eigenvalue weighted by molar-refractivity contribution is 5.89. The van der Waals surface area contributed by atoms with Crippen molar-refractivity contribution in [2.45, 2.75) is 19.4 Å². The molecule has 31 heavy (non-hydrogen) atoms. The monoisotopic (exact) mass is 423 g/mol. The Morgan fingerprint density at radius 2 is 1.97 bits per heavy atom. The lowest BCUT2D eigenvalue weighted by Crippen LogP contribution is -2.63. The molecule has 8 heteroatoms. The van der Waals surface area contributed by atoms with E-state index in [-0.39, 0.29) is 29.6 Å². The Kier molecular flexibility index (Phi) is 5.88. The molecule has 8 nitrogen and oxygen atoms in total. The summed E-state index contributed by atoms with van der Waals surface area (Å²) in [5, 5.41) is 6.89. The molecule has 2 saturated heterocycles. The maximum absolute atomic E-state index is 12.9. The van der Waals surface area contributed by atoms with Crippen LogP contribution in [-0.2, 0) is 27.3 Å². The molecule has 1 N–H and O–H groups in total. The number of rotatable bonds is 3. The van der Waals surface area contributed by atoms with Crippen molar-refractivity contribution in [2.24, 2.45) is 11.3 Å². The van der Waals surface area contributed by atoms with Gasteiger partial charge in [0.2, 0.25) is 11.8 Å². The Hall–Kier alpha value is -3.42. The van der Waals surface area contributed by atoms with Crippen LogP contribution in [0.3, 0.4) is 0 Å². The number of carboxylic acid groups (broad SMARTS) is 1. The smallest absolute Gasteiger partial charge is 0.290 e. The number of hydrogen-bond donors (Lipinski definition) is 1. The molecule has 2 amide bonds. The molecular formula is C23H25N3O5. The summed E-state index contributed by atoms with van der Waals surface area (Å²) in [5.74, 6) is 0.852. The van der Waals surface area contributed by atoms with Gasteiger partial charge >= 0.3 is 0 Å². The second-order valence-electron chi connectivity index (χ2n) is 8.37. The van der Waals surface area contributed by atoms with E-state index in [4.69, 9.17) is 14.6 Å².